The zero-order valence-electron chi connectivity index (χ0n) is 14.3. The number of carbonyl (C=O) groups excluding carboxylic acids is 1. The van der Waals surface area contributed by atoms with Gasteiger partial charge < -0.3 is 19.7 Å². The van der Waals surface area contributed by atoms with Crippen molar-refractivity contribution in [2.45, 2.75) is 12.8 Å². The molecule has 2 rings (SSSR count). The summed E-state index contributed by atoms with van der Waals surface area (Å²) in [6.07, 6.45) is 3.32. The van der Waals surface area contributed by atoms with Gasteiger partial charge in [-0.15, -0.1) is 0 Å². The molecule has 0 heterocycles. The Hall–Kier alpha value is -3.79. The Morgan fingerprint density at radius 1 is 1.15 bits per heavy atom. The molecule has 7 heteroatoms. The second-order valence-corrected chi connectivity index (χ2v) is 5.42. The SMILES string of the molecule is N#CCCCOc1ccc(C(=O)Oc2ccc(/C=C/C(=O)O)cc2)cc1O. The van der Waals surface area contributed by atoms with Crippen molar-refractivity contribution >= 4 is 18.0 Å². The zero-order chi connectivity index (χ0) is 19.6. The Morgan fingerprint density at radius 3 is 2.52 bits per heavy atom. The number of ether oxygens (including phenoxy) is 2. The first-order valence-corrected chi connectivity index (χ1v) is 8.05. The quantitative estimate of drug-likeness (QED) is 0.318. The summed E-state index contributed by atoms with van der Waals surface area (Å²) in [5, 5.41) is 27.0. The van der Waals surface area contributed by atoms with Gasteiger partial charge in [0.15, 0.2) is 11.5 Å². The van der Waals surface area contributed by atoms with Gasteiger partial charge in [0.05, 0.1) is 18.2 Å². The van der Waals surface area contributed by atoms with Gasteiger partial charge in [-0.2, -0.15) is 5.26 Å². The van der Waals surface area contributed by atoms with Crippen LogP contribution in [-0.4, -0.2) is 28.8 Å². The highest BCUT2D eigenvalue weighted by molar-refractivity contribution is 5.92. The third-order valence-corrected chi connectivity index (χ3v) is 3.39. The zero-order valence-corrected chi connectivity index (χ0v) is 14.3. The molecule has 0 unspecified atom stereocenters. The van der Waals surface area contributed by atoms with Gasteiger partial charge in [-0.25, -0.2) is 9.59 Å². The maximum atomic E-state index is 12.2. The number of hydrogen-bond acceptors (Lipinski definition) is 6. The first kappa shape index (κ1) is 19.5. The predicted molar refractivity (Wildman–Crippen MR) is 96.5 cm³/mol. The Bertz CT molecular complexity index is 880. The second kappa shape index (κ2) is 9.63. The van der Waals surface area contributed by atoms with Gasteiger partial charge in [0.2, 0.25) is 0 Å². The number of esters is 1. The number of carboxylic acid groups (broad SMARTS) is 1. The minimum absolute atomic E-state index is 0.145. The molecule has 27 heavy (non-hydrogen) atoms. The molecule has 0 aromatic heterocycles. The summed E-state index contributed by atoms with van der Waals surface area (Å²) in [4.78, 5) is 22.7. The molecule has 0 aliphatic rings. The van der Waals surface area contributed by atoms with Crippen LogP contribution in [0.2, 0.25) is 0 Å². The van der Waals surface area contributed by atoms with Gasteiger partial charge in [0.1, 0.15) is 5.75 Å². The molecule has 0 amide bonds. The maximum Gasteiger partial charge on any atom is 0.343 e. The highest BCUT2D eigenvalue weighted by Gasteiger charge is 2.12. The molecule has 0 spiro atoms. The lowest BCUT2D eigenvalue weighted by atomic mass is 10.2. The minimum Gasteiger partial charge on any atom is -0.504 e. The number of phenolic OH excluding ortho intramolecular Hbond substituents is 1. The topological polar surface area (TPSA) is 117 Å². The van der Waals surface area contributed by atoms with Crippen molar-refractivity contribution in [1.82, 2.24) is 0 Å². The van der Waals surface area contributed by atoms with E-state index in [1.165, 1.54) is 36.4 Å². The van der Waals surface area contributed by atoms with E-state index in [0.29, 0.717) is 18.4 Å². The van der Waals surface area contributed by atoms with Crippen molar-refractivity contribution < 1.29 is 29.3 Å². The van der Waals surface area contributed by atoms with E-state index < -0.39 is 11.9 Å². The molecule has 0 saturated heterocycles. The lowest BCUT2D eigenvalue weighted by molar-refractivity contribution is -0.131. The third kappa shape index (κ3) is 6.21. The molecule has 0 atom stereocenters. The van der Waals surface area contributed by atoms with Gasteiger partial charge in [-0.1, -0.05) is 12.1 Å². The van der Waals surface area contributed by atoms with Crippen LogP contribution in [0.3, 0.4) is 0 Å². The fourth-order valence-corrected chi connectivity index (χ4v) is 2.08. The number of carbonyl (C=O) groups is 2. The molecule has 0 saturated carbocycles. The first-order valence-electron chi connectivity index (χ1n) is 8.05. The number of aliphatic carboxylic acids is 1. The molecule has 0 fully saturated rings. The highest BCUT2D eigenvalue weighted by Crippen LogP contribution is 2.27. The van der Waals surface area contributed by atoms with Crippen LogP contribution in [0.25, 0.3) is 6.08 Å². The van der Waals surface area contributed by atoms with E-state index in [0.717, 1.165) is 6.08 Å². The van der Waals surface area contributed by atoms with E-state index in [1.807, 2.05) is 6.07 Å². The standard InChI is InChI=1S/C20H17NO6/c21-11-1-2-12-26-18-9-6-15(13-17(18)22)20(25)27-16-7-3-14(4-8-16)5-10-19(23)24/h3-10,13,22H,1-2,12H2,(H,23,24)/b10-5+. The van der Waals surface area contributed by atoms with E-state index in [2.05, 4.69) is 0 Å². The first-order chi connectivity index (χ1) is 13.0. The largest absolute Gasteiger partial charge is 0.504 e. The van der Waals surface area contributed by atoms with Crippen molar-refractivity contribution in [3.8, 4) is 23.3 Å². The van der Waals surface area contributed by atoms with Crippen molar-refractivity contribution in [2.75, 3.05) is 6.61 Å². The Morgan fingerprint density at radius 2 is 1.89 bits per heavy atom. The number of rotatable bonds is 8. The molecule has 2 N–H and O–H groups in total. The normalized spacial score (nSPS) is 10.3. The number of aromatic hydroxyl groups is 1. The van der Waals surface area contributed by atoms with Gasteiger partial charge in [0.25, 0.3) is 0 Å². The molecule has 0 bridgehead atoms. The monoisotopic (exact) mass is 367 g/mol. The summed E-state index contributed by atoms with van der Waals surface area (Å²) in [5.41, 5.74) is 0.791. The van der Waals surface area contributed by atoms with Crippen LogP contribution in [0.1, 0.15) is 28.8 Å². The number of nitrogens with zero attached hydrogens (tertiary/aromatic N) is 1. The van der Waals surface area contributed by atoms with Gasteiger partial charge >= 0.3 is 11.9 Å². The van der Waals surface area contributed by atoms with E-state index in [4.69, 9.17) is 19.8 Å². The summed E-state index contributed by atoms with van der Waals surface area (Å²) in [5.74, 6) is -1.41. The molecular weight excluding hydrogens is 350 g/mol. The van der Waals surface area contributed by atoms with Crippen molar-refractivity contribution in [2.24, 2.45) is 0 Å². The second-order valence-electron chi connectivity index (χ2n) is 5.42. The van der Waals surface area contributed by atoms with Gasteiger partial charge in [-0.3, -0.25) is 0 Å². The van der Waals surface area contributed by atoms with E-state index in [1.54, 1.807) is 12.1 Å². The third-order valence-electron chi connectivity index (χ3n) is 3.39. The molecule has 0 aliphatic carbocycles. The van der Waals surface area contributed by atoms with Crippen LogP contribution < -0.4 is 9.47 Å². The smallest absolute Gasteiger partial charge is 0.343 e. The van der Waals surface area contributed by atoms with Crippen LogP contribution in [0.4, 0.5) is 0 Å². The van der Waals surface area contributed by atoms with E-state index in [9.17, 15) is 14.7 Å². The summed E-state index contributed by atoms with van der Waals surface area (Å²) in [7, 11) is 0. The van der Waals surface area contributed by atoms with Gasteiger partial charge in [0, 0.05) is 12.5 Å². The Labute approximate surface area is 155 Å². The molecule has 138 valence electrons. The summed E-state index contributed by atoms with van der Waals surface area (Å²) >= 11 is 0. The molecule has 7 nitrogen and oxygen atoms in total. The fourth-order valence-electron chi connectivity index (χ4n) is 2.08. The van der Waals surface area contributed by atoms with Crippen molar-refractivity contribution in [3.05, 3.63) is 59.7 Å². The average Bonchev–Trinajstić information content (AvgIpc) is 2.65. The number of benzene rings is 2. The highest BCUT2D eigenvalue weighted by atomic mass is 16.5. The molecule has 2 aromatic carbocycles. The Balaban J connectivity index is 1.98. The number of phenols is 1. The van der Waals surface area contributed by atoms with E-state index >= 15 is 0 Å². The minimum atomic E-state index is -1.05. The van der Waals surface area contributed by atoms with Crippen LogP contribution in [-0.2, 0) is 4.79 Å². The van der Waals surface area contributed by atoms with E-state index in [-0.39, 0.29) is 29.4 Å². The van der Waals surface area contributed by atoms with Crippen LogP contribution in [0, 0.1) is 11.3 Å². The number of nitriles is 1. The fraction of sp³-hybridized carbons (Fsp3) is 0.150. The van der Waals surface area contributed by atoms with Gasteiger partial charge in [-0.05, 0) is 48.4 Å². The lowest BCUT2D eigenvalue weighted by Gasteiger charge is -2.09. The summed E-state index contributed by atoms with van der Waals surface area (Å²) < 4.78 is 10.6. The number of carboxylic acids is 1. The lowest BCUT2D eigenvalue weighted by Crippen LogP contribution is -2.08. The maximum absolute atomic E-state index is 12.2. The summed E-state index contributed by atoms with van der Waals surface area (Å²) in [6, 6.07) is 12.4. The predicted octanol–water partition coefficient (Wildman–Crippen LogP) is 3.39. The number of unbranched alkanes of at least 4 members (excludes halogenated alkanes) is 1. The van der Waals surface area contributed by atoms with Crippen LogP contribution >= 0.6 is 0 Å². The summed E-state index contributed by atoms with van der Waals surface area (Å²) in [6.45, 7) is 0.285. The molecule has 0 radical (unpaired) electrons. The van der Waals surface area contributed by atoms with Crippen LogP contribution in [0.5, 0.6) is 17.2 Å². The average molecular weight is 367 g/mol. The molecule has 2 aromatic rings. The molecular formula is C20H17NO6. The van der Waals surface area contributed by atoms with Crippen molar-refractivity contribution in [3.63, 3.8) is 0 Å². The number of hydrogen-bond donors (Lipinski definition) is 2. The molecule has 0 aliphatic heterocycles. The Kier molecular flexibility index (Phi) is 6.97. The van der Waals surface area contributed by atoms with Crippen molar-refractivity contribution in [1.29, 1.82) is 5.26 Å². The van der Waals surface area contributed by atoms with Crippen LogP contribution in [0.15, 0.2) is 48.5 Å².